The molecule has 16 heavy (non-hydrogen) atoms. The lowest BCUT2D eigenvalue weighted by atomic mass is 10.2. The number of nitrogens with zero attached hydrogens (tertiary/aromatic N) is 3. The maximum Gasteiger partial charge on any atom is 0.225 e. The molecule has 1 aliphatic rings. The van der Waals surface area contributed by atoms with Crippen molar-refractivity contribution in [1.82, 2.24) is 15.0 Å². The van der Waals surface area contributed by atoms with Crippen LogP contribution in [0.1, 0.15) is 30.3 Å². The van der Waals surface area contributed by atoms with E-state index in [0.717, 1.165) is 6.42 Å². The van der Waals surface area contributed by atoms with Crippen molar-refractivity contribution in [2.24, 2.45) is 0 Å². The van der Waals surface area contributed by atoms with Gasteiger partial charge < -0.3 is 11.5 Å². The SMILES string of the molecule is Nc1nc(N)nc(C2CCCCS2(=O)=O)n1. The Morgan fingerprint density at radius 1 is 1.06 bits per heavy atom. The second-order valence-electron chi connectivity index (χ2n) is 3.76. The van der Waals surface area contributed by atoms with Crippen LogP contribution in [0.15, 0.2) is 0 Å². The predicted molar refractivity (Wildman–Crippen MR) is 59.0 cm³/mol. The standard InChI is InChI=1S/C8H13N5O2S/c9-7-11-6(12-8(10)13-7)5-3-1-2-4-16(5,14)15/h5H,1-4H2,(H4,9,10,11,12,13). The summed E-state index contributed by atoms with van der Waals surface area (Å²) in [7, 11) is -3.17. The van der Waals surface area contributed by atoms with Crippen LogP contribution in [0.4, 0.5) is 11.9 Å². The largest absolute Gasteiger partial charge is 0.368 e. The van der Waals surface area contributed by atoms with Crippen LogP contribution >= 0.6 is 0 Å². The molecule has 1 aromatic heterocycles. The third-order valence-corrected chi connectivity index (χ3v) is 4.73. The van der Waals surface area contributed by atoms with Crippen molar-refractivity contribution >= 4 is 21.7 Å². The summed E-state index contributed by atoms with van der Waals surface area (Å²) in [4.78, 5) is 11.3. The van der Waals surface area contributed by atoms with Gasteiger partial charge in [0.2, 0.25) is 11.9 Å². The van der Waals surface area contributed by atoms with E-state index >= 15 is 0 Å². The smallest absolute Gasteiger partial charge is 0.225 e. The number of anilines is 2. The first-order valence-electron chi connectivity index (χ1n) is 4.97. The zero-order valence-electron chi connectivity index (χ0n) is 8.63. The summed E-state index contributed by atoms with van der Waals surface area (Å²) in [6.45, 7) is 0. The third kappa shape index (κ3) is 2.06. The summed E-state index contributed by atoms with van der Waals surface area (Å²) in [6.07, 6.45) is 2.05. The number of aromatic nitrogens is 3. The van der Waals surface area contributed by atoms with Gasteiger partial charge in [-0.15, -0.1) is 0 Å². The maximum absolute atomic E-state index is 11.8. The van der Waals surface area contributed by atoms with Gasteiger partial charge in [0.05, 0.1) is 5.75 Å². The van der Waals surface area contributed by atoms with Gasteiger partial charge in [-0.1, -0.05) is 6.42 Å². The van der Waals surface area contributed by atoms with Crippen LogP contribution in [0, 0.1) is 0 Å². The van der Waals surface area contributed by atoms with Crippen LogP contribution in [0.5, 0.6) is 0 Å². The second-order valence-corrected chi connectivity index (χ2v) is 6.06. The van der Waals surface area contributed by atoms with Gasteiger partial charge >= 0.3 is 0 Å². The van der Waals surface area contributed by atoms with Crippen molar-refractivity contribution in [2.45, 2.75) is 24.5 Å². The van der Waals surface area contributed by atoms with E-state index in [1.165, 1.54) is 0 Å². The maximum atomic E-state index is 11.8. The van der Waals surface area contributed by atoms with E-state index in [2.05, 4.69) is 15.0 Å². The van der Waals surface area contributed by atoms with Gasteiger partial charge in [-0.3, -0.25) is 0 Å². The molecule has 8 heteroatoms. The minimum atomic E-state index is -3.17. The van der Waals surface area contributed by atoms with E-state index in [1.807, 2.05) is 0 Å². The van der Waals surface area contributed by atoms with Crippen LogP contribution in [-0.2, 0) is 9.84 Å². The van der Waals surface area contributed by atoms with Crippen LogP contribution in [-0.4, -0.2) is 29.1 Å². The van der Waals surface area contributed by atoms with Gasteiger partial charge in [0.25, 0.3) is 0 Å². The normalized spacial score (nSPS) is 24.1. The fourth-order valence-electron chi connectivity index (χ4n) is 1.82. The van der Waals surface area contributed by atoms with Crippen molar-refractivity contribution in [3.05, 3.63) is 5.82 Å². The fourth-order valence-corrected chi connectivity index (χ4v) is 3.66. The Morgan fingerprint density at radius 3 is 2.25 bits per heavy atom. The number of sulfone groups is 1. The lowest BCUT2D eigenvalue weighted by Gasteiger charge is -2.20. The number of hydrogen-bond donors (Lipinski definition) is 2. The van der Waals surface area contributed by atoms with Gasteiger partial charge in [0.15, 0.2) is 15.7 Å². The molecule has 0 amide bonds. The molecular weight excluding hydrogens is 230 g/mol. The average molecular weight is 243 g/mol. The molecule has 0 aromatic carbocycles. The summed E-state index contributed by atoms with van der Waals surface area (Å²) in [6, 6.07) is 0. The molecule has 1 unspecified atom stereocenters. The fraction of sp³-hybridized carbons (Fsp3) is 0.625. The molecule has 0 aliphatic carbocycles. The quantitative estimate of drug-likeness (QED) is 0.692. The monoisotopic (exact) mass is 243 g/mol. The Morgan fingerprint density at radius 2 is 1.69 bits per heavy atom. The molecule has 7 nitrogen and oxygen atoms in total. The molecule has 4 N–H and O–H groups in total. The molecule has 0 spiro atoms. The van der Waals surface area contributed by atoms with Crippen LogP contribution in [0.2, 0.25) is 0 Å². The van der Waals surface area contributed by atoms with Crippen molar-refractivity contribution in [1.29, 1.82) is 0 Å². The summed E-state index contributed by atoms with van der Waals surface area (Å²) in [5, 5.41) is -0.686. The van der Waals surface area contributed by atoms with Gasteiger partial charge in [0, 0.05) is 0 Å². The van der Waals surface area contributed by atoms with E-state index < -0.39 is 15.1 Å². The van der Waals surface area contributed by atoms with Gasteiger partial charge in [0.1, 0.15) is 5.25 Å². The molecule has 1 saturated heterocycles. The Bertz CT molecular complexity index is 481. The van der Waals surface area contributed by atoms with Gasteiger partial charge in [-0.25, -0.2) is 8.42 Å². The van der Waals surface area contributed by atoms with Crippen LogP contribution in [0.3, 0.4) is 0 Å². The number of nitrogens with two attached hydrogens (primary N) is 2. The Balaban J connectivity index is 2.43. The highest BCUT2D eigenvalue weighted by atomic mass is 32.2. The molecule has 0 saturated carbocycles. The molecule has 2 rings (SSSR count). The summed E-state index contributed by atoms with van der Waals surface area (Å²) in [5.41, 5.74) is 10.8. The first-order chi connectivity index (χ1) is 7.49. The predicted octanol–water partition coefficient (Wildman–Crippen LogP) is -0.324. The van der Waals surface area contributed by atoms with E-state index in [4.69, 9.17) is 11.5 Å². The third-order valence-electron chi connectivity index (χ3n) is 2.55. The summed E-state index contributed by atoms with van der Waals surface area (Å²) < 4.78 is 23.6. The van der Waals surface area contributed by atoms with Crippen molar-refractivity contribution in [3.63, 3.8) is 0 Å². The van der Waals surface area contributed by atoms with E-state index in [-0.39, 0.29) is 23.5 Å². The average Bonchev–Trinajstić information content (AvgIpc) is 2.15. The number of hydrogen-bond acceptors (Lipinski definition) is 7. The zero-order chi connectivity index (χ0) is 11.8. The first kappa shape index (κ1) is 11.1. The molecule has 0 bridgehead atoms. The molecule has 1 fully saturated rings. The zero-order valence-corrected chi connectivity index (χ0v) is 9.44. The first-order valence-corrected chi connectivity index (χ1v) is 6.69. The summed E-state index contributed by atoms with van der Waals surface area (Å²) in [5.74, 6) is 0.264. The van der Waals surface area contributed by atoms with E-state index in [0.29, 0.717) is 12.8 Å². The Labute approximate surface area is 93.2 Å². The van der Waals surface area contributed by atoms with Crippen LogP contribution in [0.25, 0.3) is 0 Å². The lowest BCUT2D eigenvalue weighted by Crippen LogP contribution is -2.24. The molecule has 88 valence electrons. The molecular formula is C8H13N5O2S. The molecule has 1 aromatic rings. The number of rotatable bonds is 1. The molecule has 1 atom stereocenters. The molecule has 2 heterocycles. The summed E-state index contributed by atoms with van der Waals surface area (Å²) >= 11 is 0. The van der Waals surface area contributed by atoms with Crippen LogP contribution < -0.4 is 11.5 Å². The molecule has 0 radical (unpaired) electrons. The van der Waals surface area contributed by atoms with E-state index in [1.54, 1.807) is 0 Å². The van der Waals surface area contributed by atoms with Crippen molar-refractivity contribution in [2.75, 3.05) is 17.2 Å². The second kappa shape index (κ2) is 3.85. The number of nitrogen functional groups attached to an aromatic ring is 2. The topological polar surface area (TPSA) is 125 Å². The minimum Gasteiger partial charge on any atom is -0.368 e. The Kier molecular flexibility index (Phi) is 2.66. The van der Waals surface area contributed by atoms with Crippen molar-refractivity contribution < 1.29 is 8.42 Å². The van der Waals surface area contributed by atoms with Crippen molar-refractivity contribution in [3.8, 4) is 0 Å². The highest BCUT2D eigenvalue weighted by Gasteiger charge is 2.32. The van der Waals surface area contributed by atoms with E-state index in [9.17, 15) is 8.42 Å². The lowest BCUT2D eigenvalue weighted by molar-refractivity contribution is 0.538. The van der Waals surface area contributed by atoms with Gasteiger partial charge in [-0.2, -0.15) is 15.0 Å². The Hall–Kier alpha value is -1.44. The van der Waals surface area contributed by atoms with Gasteiger partial charge in [-0.05, 0) is 12.8 Å². The molecule has 1 aliphatic heterocycles. The highest BCUT2D eigenvalue weighted by molar-refractivity contribution is 7.91. The highest BCUT2D eigenvalue weighted by Crippen LogP contribution is 2.31. The minimum absolute atomic E-state index is 0.0386.